The van der Waals surface area contributed by atoms with Crippen LogP contribution in [0.3, 0.4) is 0 Å². The molecule has 1 heterocycles. The van der Waals surface area contributed by atoms with Crippen LogP contribution < -0.4 is 5.32 Å². The van der Waals surface area contributed by atoms with Gasteiger partial charge in [-0.3, -0.25) is 0 Å². The SMILES string of the molecule is CC(C)(C)OC(=O)NCc1cnc(C(=O)O)o1. The van der Waals surface area contributed by atoms with Crippen LogP contribution in [-0.4, -0.2) is 27.8 Å². The van der Waals surface area contributed by atoms with Crippen molar-refractivity contribution >= 4 is 12.1 Å². The average molecular weight is 242 g/mol. The number of carbonyl (C=O) groups excluding carboxylic acids is 1. The van der Waals surface area contributed by atoms with Gasteiger partial charge in [0.1, 0.15) is 11.4 Å². The predicted octanol–water partition coefficient (Wildman–Crippen LogP) is 1.40. The zero-order valence-electron chi connectivity index (χ0n) is 9.81. The maximum atomic E-state index is 11.3. The first kappa shape index (κ1) is 13.0. The van der Waals surface area contributed by atoms with Gasteiger partial charge in [0.2, 0.25) is 0 Å². The van der Waals surface area contributed by atoms with E-state index < -0.39 is 23.6 Å². The predicted molar refractivity (Wildman–Crippen MR) is 56.5 cm³/mol. The molecule has 0 aliphatic rings. The fourth-order valence-corrected chi connectivity index (χ4v) is 0.962. The lowest BCUT2D eigenvalue weighted by Crippen LogP contribution is -2.32. The van der Waals surface area contributed by atoms with Gasteiger partial charge >= 0.3 is 18.0 Å². The van der Waals surface area contributed by atoms with Gasteiger partial charge in [-0.1, -0.05) is 0 Å². The normalized spacial score (nSPS) is 11.0. The number of aromatic carboxylic acids is 1. The van der Waals surface area contributed by atoms with E-state index in [9.17, 15) is 9.59 Å². The van der Waals surface area contributed by atoms with E-state index in [1.54, 1.807) is 20.8 Å². The van der Waals surface area contributed by atoms with E-state index in [1.165, 1.54) is 6.20 Å². The Balaban J connectivity index is 2.45. The molecule has 2 N–H and O–H groups in total. The smallest absolute Gasteiger partial charge is 0.408 e. The Morgan fingerprint density at radius 3 is 2.65 bits per heavy atom. The molecule has 94 valence electrons. The molecule has 0 saturated heterocycles. The number of hydrogen-bond acceptors (Lipinski definition) is 5. The van der Waals surface area contributed by atoms with Gasteiger partial charge in [0.25, 0.3) is 0 Å². The van der Waals surface area contributed by atoms with Crippen molar-refractivity contribution < 1.29 is 23.8 Å². The number of carboxylic acids is 1. The van der Waals surface area contributed by atoms with Crippen molar-refractivity contribution in [3.8, 4) is 0 Å². The van der Waals surface area contributed by atoms with Crippen LogP contribution in [0.1, 0.15) is 37.2 Å². The molecule has 0 saturated carbocycles. The highest BCUT2D eigenvalue weighted by Gasteiger charge is 2.17. The molecule has 7 nitrogen and oxygen atoms in total. The lowest BCUT2D eigenvalue weighted by Gasteiger charge is -2.19. The van der Waals surface area contributed by atoms with E-state index in [1.807, 2.05) is 0 Å². The zero-order chi connectivity index (χ0) is 13.1. The van der Waals surface area contributed by atoms with Crippen LogP contribution in [0, 0.1) is 0 Å². The summed E-state index contributed by atoms with van der Waals surface area (Å²) in [5.74, 6) is -1.42. The van der Waals surface area contributed by atoms with E-state index >= 15 is 0 Å². The van der Waals surface area contributed by atoms with Crippen molar-refractivity contribution in [1.82, 2.24) is 10.3 Å². The van der Waals surface area contributed by atoms with Crippen LogP contribution in [0.15, 0.2) is 10.6 Å². The van der Waals surface area contributed by atoms with Gasteiger partial charge in [-0.15, -0.1) is 0 Å². The number of carboxylic acid groups (broad SMARTS) is 1. The van der Waals surface area contributed by atoms with Crippen molar-refractivity contribution in [1.29, 1.82) is 0 Å². The summed E-state index contributed by atoms with van der Waals surface area (Å²) in [5, 5.41) is 11.0. The molecule has 0 fully saturated rings. The number of amides is 1. The lowest BCUT2D eigenvalue weighted by molar-refractivity contribution is 0.0520. The summed E-state index contributed by atoms with van der Waals surface area (Å²) in [7, 11) is 0. The zero-order valence-corrected chi connectivity index (χ0v) is 9.81. The third-order valence-corrected chi connectivity index (χ3v) is 1.54. The minimum Gasteiger partial charge on any atom is -0.474 e. The number of ether oxygens (including phenoxy) is 1. The van der Waals surface area contributed by atoms with Crippen molar-refractivity contribution in [2.24, 2.45) is 0 Å². The van der Waals surface area contributed by atoms with Gasteiger partial charge in [-0.25, -0.2) is 14.6 Å². The molecule has 0 unspecified atom stereocenters. The second-order valence-corrected chi connectivity index (χ2v) is 4.29. The third-order valence-electron chi connectivity index (χ3n) is 1.54. The summed E-state index contributed by atoms with van der Waals surface area (Å²) in [5.41, 5.74) is -0.586. The lowest BCUT2D eigenvalue weighted by atomic mass is 10.2. The fourth-order valence-electron chi connectivity index (χ4n) is 0.962. The maximum absolute atomic E-state index is 11.3. The molecule has 0 bridgehead atoms. The molecule has 0 spiro atoms. The molecule has 0 atom stereocenters. The highest BCUT2D eigenvalue weighted by Crippen LogP contribution is 2.07. The monoisotopic (exact) mass is 242 g/mol. The summed E-state index contributed by atoms with van der Waals surface area (Å²) >= 11 is 0. The van der Waals surface area contributed by atoms with Crippen molar-refractivity contribution in [2.75, 3.05) is 0 Å². The summed E-state index contributed by atoms with van der Waals surface area (Å²) in [6.07, 6.45) is 0.631. The Labute approximate surface area is 97.8 Å². The Morgan fingerprint density at radius 1 is 1.53 bits per heavy atom. The van der Waals surface area contributed by atoms with E-state index in [0.717, 1.165) is 0 Å². The fraction of sp³-hybridized carbons (Fsp3) is 0.500. The van der Waals surface area contributed by atoms with Crippen LogP contribution in [-0.2, 0) is 11.3 Å². The Hall–Kier alpha value is -2.05. The number of aromatic nitrogens is 1. The number of oxazole rings is 1. The van der Waals surface area contributed by atoms with Gasteiger partial charge in [0.15, 0.2) is 0 Å². The first-order chi connectivity index (χ1) is 7.78. The Bertz CT molecular complexity index is 419. The summed E-state index contributed by atoms with van der Waals surface area (Å²) in [4.78, 5) is 25.2. The summed E-state index contributed by atoms with van der Waals surface area (Å²) < 4.78 is 9.83. The standard InChI is InChI=1S/C10H14N2O5/c1-10(2,3)17-9(15)12-5-6-4-11-7(16-6)8(13)14/h4H,5H2,1-3H3,(H,12,15)(H,13,14). The van der Waals surface area contributed by atoms with E-state index in [2.05, 4.69) is 10.3 Å². The highest BCUT2D eigenvalue weighted by atomic mass is 16.6. The Morgan fingerprint density at radius 2 is 2.18 bits per heavy atom. The largest absolute Gasteiger partial charge is 0.474 e. The van der Waals surface area contributed by atoms with E-state index in [4.69, 9.17) is 14.3 Å². The van der Waals surface area contributed by atoms with Crippen molar-refractivity contribution in [3.63, 3.8) is 0 Å². The first-order valence-corrected chi connectivity index (χ1v) is 4.93. The maximum Gasteiger partial charge on any atom is 0.408 e. The molecule has 17 heavy (non-hydrogen) atoms. The molecule has 7 heteroatoms. The summed E-state index contributed by atoms with van der Waals surface area (Å²) in [6.45, 7) is 5.24. The molecule has 0 aliphatic heterocycles. The third kappa shape index (κ3) is 4.54. The van der Waals surface area contributed by atoms with Crippen LogP contribution in [0.2, 0.25) is 0 Å². The average Bonchev–Trinajstić information content (AvgIpc) is 2.60. The number of nitrogens with zero attached hydrogens (tertiary/aromatic N) is 1. The molecule has 1 aromatic heterocycles. The van der Waals surface area contributed by atoms with Gasteiger partial charge in [0.05, 0.1) is 12.7 Å². The minimum absolute atomic E-state index is 0.0230. The Kier molecular flexibility index (Phi) is 3.72. The van der Waals surface area contributed by atoms with Gasteiger partial charge in [-0.05, 0) is 20.8 Å². The van der Waals surface area contributed by atoms with E-state index in [-0.39, 0.29) is 12.3 Å². The molecular weight excluding hydrogens is 228 g/mol. The van der Waals surface area contributed by atoms with E-state index in [0.29, 0.717) is 0 Å². The molecule has 1 rings (SSSR count). The second kappa shape index (κ2) is 4.86. The molecule has 0 aromatic carbocycles. The number of alkyl carbamates (subject to hydrolysis) is 1. The second-order valence-electron chi connectivity index (χ2n) is 4.29. The van der Waals surface area contributed by atoms with Gasteiger partial charge < -0.3 is 19.6 Å². The molecule has 1 amide bonds. The van der Waals surface area contributed by atoms with Crippen LogP contribution in [0.25, 0.3) is 0 Å². The number of nitrogens with one attached hydrogen (secondary N) is 1. The van der Waals surface area contributed by atoms with Gasteiger partial charge in [-0.2, -0.15) is 0 Å². The van der Waals surface area contributed by atoms with Crippen LogP contribution >= 0.6 is 0 Å². The molecule has 0 aliphatic carbocycles. The topological polar surface area (TPSA) is 102 Å². The quantitative estimate of drug-likeness (QED) is 0.830. The van der Waals surface area contributed by atoms with Crippen LogP contribution in [0.4, 0.5) is 4.79 Å². The highest BCUT2D eigenvalue weighted by molar-refractivity contribution is 5.82. The number of rotatable bonds is 3. The van der Waals surface area contributed by atoms with Crippen molar-refractivity contribution in [2.45, 2.75) is 32.9 Å². The number of carbonyl (C=O) groups is 2. The molecular formula is C10H14N2O5. The number of hydrogen-bond donors (Lipinski definition) is 2. The summed E-state index contributed by atoms with van der Waals surface area (Å²) in [6, 6.07) is 0. The molecule has 1 aromatic rings. The van der Waals surface area contributed by atoms with Gasteiger partial charge in [0, 0.05) is 0 Å². The first-order valence-electron chi connectivity index (χ1n) is 4.93. The van der Waals surface area contributed by atoms with Crippen molar-refractivity contribution in [3.05, 3.63) is 17.8 Å². The minimum atomic E-state index is -1.26. The molecule has 0 radical (unpaired) electrons. The van der Waals surface area contributed by atoms with Crippen LogP contribution in [0.5, 0.6) is 0 Å².